The predicted molar refractivity (Wildman–Crippen MR) is 99.1 cm³/mol. The van der Waals surface area contributed by atoms with E-state index in [-0.39, 0.29) is 16.3 Å². The molecule has 30 heavy (non-hydrogen) atoms. The summed E-state index contributed by atoms with van der Waals surface area (Å²) in [4.78, 5) is 12.7. The van der Waals surface area contributed by atoms with Crippen molar-refractivity contribution in [3.63, 3.8) is 0 Å². The van der Waals surface area contributed by atoms with Crippen LogP contribution >= 0.6 is 0 Å². The SMILES string of the molecule is Cc1ccccc1C(=O)Nc1c(C(O)(C(F)(F)F)C(F)(F)F)ccc2ccccc12. The first-order valence-corrected chi connectivity index (χ1v) is 8.63. The number of benzene rings is 3. The second-order valence-electron chi connectivity index (χ2n) is 6.68. The summed E-state index contributed by atoms with van der Waals surface area (Å²) in [5.41, 5.74) is -6.92. The fourth-order valence-electron chi connectivity index (χ4n) is 3.18. The monoisotopic (exact) mass is 427 g/mol. The highest BCUT2D eigenvalue weighted by atomic mass is 19.4. The van der Waals surface area contributed by atoms with Crippen LogP contribution in [0.2, 0.25) is 0 Å². The average Bonchev–Trinajstić information content (AvgIpc) is 2.66. The second kappa shape index (κ2) is 7.32. The van der Waals surface area contributed by atoms with E-state index in [1.54, 1.807) is 19.1 Å². The van der Waals surface area contributed by atoms with E-state index in [1.165, 1.54) is 36.4 Å². The number of aliphatic hydroxyl groups is 1. The molecule has 0 bridgehead atoms. The molecule has 9 heteroatoms. The normalized spacial score (nSPS) is 12.8. The number of amides is 1. The van der Waals surface area contributed by atoms with E-state index in [4.69, 9.17) is 0 Å². The highest BCUT2D eigenvalue weighted by molar-refractivity contribution is 6.10. The molecule has 0 aliphatic carbocycles. The van der Waals surface area contributed by atoms with Gasteiger partial charge in [-0.1, -0.05) is 54.6 Å². The molecule has 0 fully saturated rings. The number of anilines is 1. The van der Waals surface area contributed by atoms with Gasteiger partial charge in [0, 0.05) is 16.5 Å². The number of fused-ring (bicyclic) bond motifs is 1. The van der Waals surface area contributed by atoms with Crippen molar-refractivity contribution < 1.29 is 36.2 Å². The maximum absolute atomic E-state index is 13.5. The van der Waals surface area contributed by atoms with Crippen LogP contribution in [-0.4, -0.2) is 23.4 Å². The molecule has 0 saturated carbocycles. The van der Waals surface area contributed by atoms with Gasteiger partial charge in [-0.3, -0.25) is 4.79 Å². The zero-order valence-corrected chi connectivity index (χ0v) is 15.4. The third kappa shape index (κ3) is 3.49. The van der Waals surface area contributed by atoms with Crippen molar-refractivity contribution in [2.45, 2.75) is 24.9 Å². The van der Waals surface area contributed by atoms with Crippen LogP contribution in [0.15, 0.2) is 60.7 Å². The molecule has 0 saturated heterocycles. The Morgan fingerprint density at radius 1 is 0.833 bits per heavy atom. The first-order chi connectivity index (χ1) is 13.9. The van der Waals surface area contributed by atoms with Gasteiger partial charge >= 0.3 is 12.4 Å². The van der Waals surface area contributed by atoms with E-state index in [9.17, 15) is 36.2 Å². The van der Waals surface area contributed by atoms with Gasteiger partial charge in [-0.05, 0) is 23.9 Å². The summed E-state index contributed by atoms with van der Waals surface area (Å²) in [6, 6.07) is 13.3. The van der Waals surface area contributed by atoms with Crippen LogP contribution in [-0.2, 0) is 5.60 Å². The number of hydrogen-bond donors (Lipinski definition) is 2. The maximum Gasteiger partial charge on any atom is 0.430 e. The molecule has 0 radical (unpaired) electrons. The maximum atomic E-state index is 13.5. The van der Waals surface area contributed by atoms with Crippen LogP contribution in [0.4, 0.5) is 32.0 Å². The minimum atomic E-state index is -6.09. The topological polar surface area (TPSA) is 49.3 Å². The van der Waals surface area contributed by atoms with Gasteiger partial charge in [-0.2, -0.15) is 26.3 Å². The molecule has 1 amide bonds. The van der Waals surface area contributed by atoms with Crippen molar-refractivity contribution in [3.8, 4) is 0 Å². The highest BCUT2D eigenvalue weighted by Gasteiger charge is 2.72. The van der Waals surface area contributed by atoms with Gasteiger partial charge in [0.1, 0.15) is 0 Å². The summed E-state index contributed by atoms with van der Waals surface area (Å²) >= 11 is 0. The molecular formula is C21H15F6NO2. The number of carbonyl (C=O) groups is 1. The van der Waals surface area contributed by atoms with E-state index in [0.29, 0.717) is 11.6 Å². The second-order valence-corrected chi connectivity index (χ2v) is 6.68. The number of hydrogen-bond acceptors (Lipinski definition) is 2. The molecule has 3 aromatic rings. The van der Waals surface area contributed by atoms with Gasteiger partial charge in [0.2, 0.25) is 0 Å². The molecular weight excluding hydrogens is 412 g/mol. The Labute approximate surface area is 166 Å². The Kier molecular flexibility index (Phi) is 5.28. The zero-order valence-electron chi connectivity index (χ0n) is 15.4. The van der Waals surface area contributed by atoms with Crippen LogP contribution < -0.4 is 5.32 Å². The van der Waals surface area contributed by atoms with Crippen molar-refractivity contribution in [2.75, 3.05) is 5.32 Å². The molecule has 0 aliphatic rings. The van der Waals surface area contributed by atoms with Gasteiger partial charge in [0.25, 0.3) is 11.5 Å². The van der Waals surface area contributed by atoms with Crippen LogP contribution in [0, 0.1) is 6.92 Å². The Morgan fingerprint density at radius 3 is 2.00 bits per heavy atom. The molecule has 0 atom stereocenters. The molecule has 158 valence electrons. The average molecular weight is 427 g/mol. The van der Waals surface area contributed by atoms with Gasteiger partial charge in [0.15, 0.2) is 0 Å². The Hall–Kier alpha value is -3.07. The summed E-state index contributed by atoms with van der Waals surface area (Å²) < 4.78 is 81.0. The smallest absolute Gasteiger partial charge is 0.369 e. The number of halogens is 6. The molecule has 3 aromatic carbocycles. The van der Waals surface area contributed by atoms with Crippen molar-refractivity contribution in [1.29, 1.82) is 0 Å². The number of aryl methyl sites for hydroxylation is 1. The highest BCUT2D eigenvalue weighted by Crippen LogP contribution is 2.53. The minimum absolute atomic E-state index is 0.0685. The van der Waals surface area contributed by atoms with E-state index >= 15 is 0 Å². The molecule has 3 nitrogen and oxygen atoms in total. The lowest BCUT2D eigenvalue weighted by Crippen LogP contribution is -2.54. The third-order valence-corrected chi connectivity index (χ3v) is 4.77. The van der Waals surface area contributed by atoms with Crippen molar-refractivity contribution >= 4 is 22.4 Å². The first kappa shape index (κ1) is 21.6. The van der Waals surface area contributed by atoms with E-state index in [1.807, 2.05) is 0 Å². The summed E-state index contributed by atoms with van der Waals surface area (Å²) in [5, 5.41) is 12.3. The van der Waals surface area contributed by atoms with Crippen molar-refractivity contribution in [2.24, 2.45) is 0 Å². The molecule has 0 spiro atoms. The van der Waals surface area contributed by atoms with Crippen LogP contribution in [0.5, 0.6) is 0 Å². The van der Waals surface area contributed by atoms with E-state index < -0.39 is 35.1 Å². The summed E-state index contributed by atoms with van der Waals surface area (Å²) in [6.45, 7) is 1.57. The molecule has 3 rings (SSSR count). The van der Waals surface area contributed by atoms with Crippen molar-refractivity contribution in [3.05, 3.63) is 77.4 Å². The summed E-state index contributed by atoms with van der Waals surface area (Å²) in [6.07, 6.45) is -12.2. The Bertz CT molecular complexity index is 1090. The molecule has 0 aliphatic heterocycles. The third-order valence-electron chi connectivity index (χ3n) is 4.77. The summed E-state index contributed by atoms with van der Waals surface area (Å²) in [5.74, 6) is -0.905. The molecule has 0 aromatic heterocycles. The fourth-order valence-corrected chi connectivity index (χ4v) is 3.18. The predicted octanol–water partition coefficient (Wildman–Crippen LogP) is 5.71. The van der Waals surface area contributed by atoms with E-state index in [2.05, 4.69) is 5.32 Å². The lowest BCUT2D eigenvalue weighted by molar-refractivity contribution is -0.375. The van der Waals surface area contributed by atoms with Crippen LogP contribution in [0.1, 0.15) is 21.5 Å². The Balaban J connectivity index is 2.29. The lowest BCUT2D eigenvalue weighted by atomic mass is 9.88. The number of carbonyl (C=O) groups excluding carboxylic acids is 1. The van der Waals surface area contributed by atoms with Gasteiger partial charge < -0.3 is 10.4 Å². The quantitative estimate of drug-likeness (QED) is 0.526. The Morgan fingerprint density at radius 2 is 1.40 bits per heavy atom. The van der Waals surface area contributed by atoms with Crippen LogP contribution in [0.25, 0.3) is 10.8 Å². The number of rotatable bonds is 3. The largest absolute Gasteiger partial charge is 0.430 e. The van der Waals surface area contributed by atoms with Gasteiger partial charge in [-0.25, -0.2) is 0 Å². The van der Waals surface area contributed by atoms with Crippen molar-refractivity contribution in [1.82, 2.24) is 0 Å². The number of alkyl halides is 6. The fraction of sp³-hybridized carbons (Fsp3) is 0.190. The van der Waals surface area contributed by atoms with Gasteiger partial charge in [0.05, 0.1) is 5.69 Å². The first-order valence-electron chi connectivity index (χ1n) is 8.63. The lowest BCUT2D eigenvalue weighted by Gasteiger charge is -2.34. The zero-order chi connectivity index (χ0) is 22.3. The molecule has 2 N–H and O–H groups in total. The molecule has 0 heterocycles. The summed E-state index contributed by atoms with van der Waals surface area (Å²) in [7, 11) is 0. The molecule has 0 unspecified atom stereocenters. The standard InChI is InChI=1S/C21H15F6NO2/c1-12-6-2-4-8-14(12)18(29)28-17-15-9-5-3-7-13(15)10-11-16(17)19(30,20(22,23)24)21(25,26)27/h2-11,30H,1H3,(H,28,29). The van der Waals surface area contributed by atoms with E-state index in [0.717, 1.165) is 6.07 Å². The van der Waals surface area contributed by atoms with Gasteiger partial charge in [-0.15, -0.1) is 0 Å². The minimum Gasteiger partial charge on any atom is -0.369 e. The van der Waals surface area contributed by atoms with Crippen LogP contribution in [0.3, 0.4) is 0 Å². The number of nitrogens with one attached hydrogen (secondary N) is 1.